The van der Waals surface area contributed by atoms with E-state index in [1.807, 2.05) is 35.1 Å². The van der Waals surface area contributed by atoms with Crippen LogP contribution in [-0.2, 0) is 0 Å². The number of nitrogens with one attached hydrogen (secondary N) is 1. The van der Waals surface area contributed by atoms with Crippen molar-refractivity contribution in [2.75, 3.05) is 29.9 Å². The highest BCUT2D eigenvalue weighted by Crippen LogP contribution is 2.23. The van der Waals surface area contributed by atoms with Crippen LogP contribution in [0.25, 0.3) is 16.9 Å². The Morgan fingerprint density at radius 2 is 2.00 bits per heavy atom. The summed E-state index contributed by atoms with van der Waals surface area (Å²) in [5.74, 6) is 2.51. The average molecular weight is 351 g/mol. The van der Waals surface area contributed by atoms with Gasteiger partial charge in [-0.1, -0.05) is 13.8 Å². The molecule has 0 aliphatic carbocycles. The van der Waals surface area contributed by atoms with Crippen molar-refractivity contribution in [2.45, 2.75) is 26.3 Å². The molecule has 0 aromatic carbocycles. The van der Waals surface area contributed by atoms with E-state index in [0.717, 1.165) is 54.6 Å². The molecule has 4 heterocycles. The standard InChI is InChI=1S/C19H25N7/c1-13(2)7-8-21-17-4-3-14(9-22-17)16-10-23-18-5-6-19(24-26(16)18)25-11-15(20)12-25/h3-6,9-10,13,15H,7-8,11-12,20H2,1-2H3,(H,21,22). The molecule has 7 nitrogen and oxygen atoms in total. The van der Waals surface area contributed by atoms with E-state index in [2.05, 4.69) is 40.1 Å². The summed E-state index contributed by atoms with van der Waals surface area (Å²) in [6.45, 7) is 7.07. The second-order valence-electron chi connectivity index (χ2n) is 7.31. The molecule has 0 atom stereocenters. The van der Waals surface area contributed by atoms with Crippen molar-refractivity contribution >= 4 is 17.3 Å². The van der Waals surface area contributed by atoms with Gasteiger partial charge < -0.3 is 16.0 Å². The normalized spacial score (nSPS) is 14.8. The van der Waals surface area contributed by atoms with E-state index in [9.17, 15) is 0 Å². The quantitative estimate of drug-likeness (QED) is 0.709. The van der Waals surface area contributed by atoms with Crippen LogP contribution < -0.4 is 16.0 Å². The Labute approximate surface area is 153 Å². The lowest BCUT2D eigenvalue weighted by molar-refractivity contribution is 0.511. The van der Waals surface area contributed by atoms with Gasteiger partial charge >= 0.3 is 0 Å². The third kappa shape index (κ3) is 3.35. The first-order chi connectivity index (χ1) is 12.6. The van der Waals surface area contributed by atoms with Gasteiger partial charge in [-0.3, -0.25) is 0 Å². The fraction of sp³-hybridized carbons (Fsp3) is 0.421. The van der Waals surface area contributed by atoms with Gasteiger partial charge in [-0.25, -0.2) is 14.5 Å². The van der Waals surface area contributed by atoms with Crippen molar-refractivity contribution in [3.8, 4) is 11.3 Å². The zero-order chi connectivity index (χ0) is 18.1. The SMILES string of the molecule is CC(C)CCNc1ccc(-c2cnc3ccc(N4CC(N)C4)nn23)cn1. The van der Waals surface area contributed by atoms with Gasteiger partial charge in [0.25, 0.3) is 0 Å². The Kier molecular flexibility index (Phi) is 4.46. The molecule has 0 radical (unpaired) electrons. The minimum atomic E-state index is 0.245. The van der Waals surface area contributed by atoms with Crippen molar-refractivity contribution in [3.05, 3.63) is 36.7 Å². The van der Waals surface area contributed by atoms with E-state index in [1.165, 1.54) is 0 Å². The second-order valence-corrected chi connectivity index (χ2v) is 7.31. The molecule has 3 aromatic rings. The summed E-state index contributed by atoms with van der Waals surface area (Å²) in [7, 11) is 0. The number of imidazole rings is 1. The molecule has 1 aliphatic heterocycles. The Morgan fingerprint density at radius 3 is 2.69 bits per heavy atom. The summed E-state index contributed by atoms with van der Waals surface area (Å²) in [6, 6.07) is 8.30. The highest BCUT2D eigenvalue weighted by molar-refractivity contribution is 5.64. The molecule has 0 bridgehead atoms. The highest BCUT2D eigenvalue weighted by atomic mass is 15.4. The Balaban J connectivity index is 1.55. The second kappa shape index (κ2) is 6.92. The topological polar surface area (TPSA) is 84.4 Å². The van der Waals surface area contributed by atoms with Gasteiger partial charge in [0, 0.05) is 37.4 Å². The van der Waals surface area contributed by atoms with Gasteiger partial charge in [-0.05, 0) is 36.6 Å². The van der Waals surface area contributed by atoms with Crippen molar-refractivity contribution < 1.29 is 0 Å². The lowest BCUT2D eigenvalue weighted by Crippen LogP contribution is -2.56. The summed E-state index contributed by atoms with van der Waals surface area (Å²) in [4.78, 5) is 11.2. The number of pyridine rings is 1. The van der Waals surface area contributed by atoms with Crippen LogP contribution >= 0.6 is 0 Å². The van der Waals surface area contributed by atoms with E-state index in [1.54, 1.807) is 0 Å². The number of hydrogen-bond donors (Lipinski definition) is 2. The third-order valence-electron chi connectivity index (χ3n) is 4.67. The fourth-order valence-corrected chi connectivity index (χ4v) is 3.07. The molecule has 0 saturated carbocycles. The van der Waals surface area contributed by atoms with Crippen LogP contribution in [0, 0.1) is 5.92 Å². The van der Waals surface area contributed by atoms with E-state index in [4.69, 9.17) is 10.8 Å². The third-order valence-corrected chi connectivity index (χ3v) is 4.67. The molecule has 3 N–H and O–H groups in total. The summed E-state index contributed by atoms with van der Waals surface area (Å²) < 4.78 is 1.88. The molecule has 26 heavy (non-hydrogen) atoms. The molecule has 136 valence electrons. The number of rotatable bonds is 6. The van der Waals surface area contributed by atoms with Crippen molar-refractivity contribution in [2.24, 2.45) is 11.7 Å². The molecule has 1 saturated heterocycles. The van der Waals surface area contributed by atoms with Crippen LogP contribution in [0.4, 0.5) is 11.6 Å². The van der Waals surface area contributed by atoms with Gasteiger partial charge in [-0.2, -0.15) is 0 Å². The van der Waals surface area contributed by atoms with Gasteiger partial charge in [0.05, 0.1) is 11.9 Å². The predicted molar refractivity (Wildman–Crippen MR) is 104 cm³/mol. The van der Waals surface area contributed by atoms with Crippen molar-refractivity contribution in [1.82, 2.24) is 19.6 Å². The Hall–Kier alpha value is -2.67. The van der Waals surface area contributed by atoms with E-state index in [-0.39, 0.29) is 6.04 Å². The average Bonchev–Trinajstić information content (AvgIpc) is 3.02. The van der Waals surface area contributed by atoms with Gasteiger partial charge in [0.2, 0.25) is 0 Å². The lowest BCUT2D eigenvalue weighted by Gasteiger charge is -2.37. The molecule has 0 unspecified atom stereocenters. The molecule has 0 spiro atoms. The summed E-state index contributed by atoms with van der Waals surface area (Å²) >= 11 is 0. The van der Waals surface area contributed by atoms with Gasteiger partial charge in [0.1, 0.15) is 11.6 Å². The number of anilines is 2. The first-order valence-corrected chi connectivity index (χ1v) is 9.16. The number of nitrogens with two attached hydrogens (primary N) is 1. The zero-order valence-electron chi connectivity index (χ0n) is 15.3. The van der Waals surface area contributed by atoms with Gasteiger partial charge in [-0.15, -0.1) is 5.10 Å². The molecule has 7 heteroatoms. The number of nitrogens with zero attached hydrogens (tertiary/aromatic N) is 5. The predicted octanol–water partition coefficient (Wildman–Crippen LogP) is 2.40. The zero-order valence-corrected chi connectivity index (χ0v) is 15.3. The first-order valence-electron chi connectivity index (χ1n) is 9.16. The number of aromatic nitrogens is 4. The van der Waals surface area contributed by atoms with Gasteiger partial charge in [0.15, 0.2) is 5.65 Å². The maximum absolute atomic E-state index is 5.88. The molecule has 3 aromatic heterocycles. The largest absolute Gasteiger partial charge is 0.370 e. The van der Waals surface area contributed by atoms with Crippen molar-refractivity contribution in [1.29, 1.82) is 0 Å². The smallest absolute Gasteiger partial charge is 0.154 e. The molecule has 4 rings (SSSR count). The monoisotopic (exact) mass is 351 g/mol. The number of hydrogen-bond acceptors (Lipinski definition) is 6. The fourth-order valence-electron chi connectivity index (χ4n) is 3.07. The molecule has 1 fully saturated rings. The molecule has 0 amide bonds. The minimum absolute atomic E-state index is 0.245. The maximum atomic E-state index is 5.88. The van der Waals surface area contributed by atoms with Crippen LogP contribution in [0.2, 0.25) is 0 Å². The van der Waals surface area contributed by atoms with Crippen LogP contribution in [0.3, 0.4) is 0 Å². The van der Waals surface area contributed by atoms with E-state index in [0.29, 0.717) is 5.92 Å². The molecule has 1 aliphatic rings. The number of fused-ring (bicyclic) bond motifs is 1. The van der Waals surface area contributed by atoms with Crippen molar-refractivity contribution in [3.63, 3.8) is 0 Å². The molecular formula is C19H25N7. The lowest BCUT2D eigenvalue weighted by atomic mass is 10.1. The van der Waals surface area contributed by atoms with E-state index >= 15 is 0 Å². The Morgan fingerprint density at radius 1 is 1.15 bits per heavy atom. The highest BCUT2D eigenvalue weighted by Gasteiger charge is 2.24. The van der Waals surface area contributed by atoms with Crippen LogP contribution in [0.1, 0.15) is 20.3 Å². The Bertz CT molecular complexity index is 879. The maximum Gasteiger partial charge on any atom is 0.154 e. The summed E-state index contributed by atoms with van der Waals surface area (Å²) in [5.41, 5.74) is 8.64. The summed E-state index contributed by atoms with van der Waals surface area (Å²) in [5, 5.41) is 8.10. The van der Waals surface area contributed by atoms with Crippen LogP contribution in [0.15, 0.2) is 36.7 Å². The van der Waals surface area contributed by atoms with Crippen LogP contribution in [0.5, 0.6) is 0 Å². The first kappa shape index (κ1) is 16.8. The minimum Gasteiger partial charge on any atom is -0.370 e. The van der Waals surface area contributed by atoms with Crippen LogP contribution in [-0.4, -0.2) is 45.3 Å². The molecular weight excluding hydrogens is 326 g/mol. The summed E-state index contributed by atoms with van der Waals surface area (Å²) in [6.07, 6.45) is 4.84. The van der Waals surface area contributed by atoms with E-state index < -0.39 is 0 Å².